The number of benzene rings is 1. The Hall–Kier alpha value is -2.55. The summed E-state index contributed by atoms with van der Waals surface area (Å²) in [6.07, 6.45) is -2.80. The molecule has 0 aliphatic rings. The molecule has 3 nitrogen and oxygen atoms in total. The number of nitriles is 1. The number of pyridine rings is 1. The average molecular weight is 292 g/mol. The largest absolute Gasteiger partial charge is 0.483 e. The molecule has 0 amide bonds. The van der Waals surface area contributed by atoms with Gasteiger partial charge in [-0.2, -0.15) is 18.4 Å². The predicted octanol–water partition coefficient (Wildman–Crippen LogP) is 3.87. The standard InChI is InChI=1S/C15H11F3N2O/c1-10-13(3-2-6-20-10)11-4-5-14(12(7-11)8-19)21-9-15(16,17)18/h2-7H,9H2,1H3. The summed E-state index contributed by atoms with van der Waals surface area (Å²) in [5, 5.41) is 9.06. The van der Waals surface area contributed by atoms with Crippen LogP contribution in [0.3, 0.4) is 0 Å². The van der Waals surface area contributed by atoms with Gasteiger partial charge >= 0.3 is 6.18 Å². The van der Waals surface area contributed by atoms with Gasteiger partial charge in [0.25, 0.3) is 0 Å². The molecule has 21 heavy (non-hydrogen) atoms. The summed E-state index contributed by atoms with van der Waals surface area (Å²) in [5.41, 5.74) is 2.35. The van der Waals surface area contributed by atoms with Gasteiger partial charge in [-0.15, -0.1) is 0 Å². The molecular weight excluding hydrogens is 281 g/mol. The maximum Gasteiger partial charge on any atom is 0.422 e. The van der Waals surface area contributed by atoms with Gasteiger partial charge in [-0.05, 0) is 30.7 Å². The fraction of sp³-hybridized carbons (Fsp3) is 0.200. The van der Waals surface area contributed by atoms with E-state index in [9.17, 15) is 13.2 Å². The molecule has 1 aromatic heterocycles. The van der Waals surface area contributed by atoms with E-state index in [0.717, 1.165) is 11.3 Å². The molecule has 0 atom stereocenters. The van der Waals surface area contributed by atoms with Crippen molar-refractivity contribution in [2.24, 2.45) is 0 Å². The van der Waals surface area contributed by atoms with E-state index in [-0.39, 0.29) is 11.3 Å². The molecule has 0 saturated carbocycles. The number of aryl methyl sites for hydroxylation is 1. The maximum absolute atomic E-state index is 12.2. The van der Waals surface area contributed by atoms with E-state index < -0.39 is 12.8 Å². The zero-order chi connectivity index (χ0) is 15.5. The normalized spacial score (nSPS) is 11.0. The highest BCUT2D eigenvalue weighted by Gasteiger charge is 2.28. The van der Waals surface area contributed by atoms with Crippen LogP contribution in [-0.2, 0) is 0 Å². The van der Waals surface area contributed by atoms with Crippen molar-refractivity contribution in [3.63, 3.8) is 0 Å². The van der Waals surface area contributed by atoms with E-state index in [1.165, 1.54) is 12.1 Å². The predicted molar refractivity (Wildman–Crippen MR) is 70.7 cm³/mol. The van der Waals surface area contributed by atoms with Crippen molar-refractivity contribution in [1.82, 2.24) is 4.98 Å². The minimum Gasteiger partial charge on any atom is -0.483 e. The summed E-state index contributed by atoms with van der Waals surface area (Å²) in [7, 11) is 0. The van der Waals surface area contributed by atoms with Crippen molar-refractivity contribution in [3.8, 4) is 22.9 Å². The Bertz CT molecular complexity index is 690. The molecule has 1 aromatic carbocycles. The van der Waals surface area contributed by atoms with Crippen molar-refractivity contribution in [2.45, 2.75) is 13.1 Å². The minimum atomic E-state index is -4.44. The molecule has 1 heterocycles. The van der Waals surface area contributed by atoms with Gasteiger partial charge < -0.3 is 4.74 Å². The fourth-order valence-electron chi connectivity index (χ4n) is 1.86. The zero-order valence-electron chi connectivity index (χ0n) is 11.1. The van der Waals surface area contributed by atoms with E-state index in [1.807, 2.05) is 19.1 Å². The first kappa shape index (κ1) is 14.9. The second-order valence-electron chi connectivity index (χ2n) is 4.36. The van der Waals surface area contributed by atoms with Crippen LogP contribution in [0.4, 0.5) is 13.2 Å². The third-order valence-corrected chi connectivity index (χ3v) is 2.81. The van der Waals surface area contributed by atoms with E-state index in [0.29, 0.717) is 5.56 Å². The number of hydrogen-bond acceptors (Lipinski definition) is 3. The van der Waals surface area contributed by atoms with E-state index in [2.05, 4.69) is 9.72 Å². The Labute approximate surface area is 119 Å². The summed E-state index contributed by atoms with van der Waals surface area (Å²) in [5.74, 6) is -0.0832. The number of hydrogen-bond donors (Lipinski definition) is 0. The summed E-state index contributed by atoms with van der Waals surface area (Å²) >= 11 is 0. The molecule has 0 bridgehead atoms. The van der Waals surface area contributed by atoms with E-state index in [4.69, 9.17) is 5.26 Å². The molecule has 0 radical (unpaired) electrons. The molecule has 0 spiro atoms. The first-order valence-corrected chi connectivity index (χ1v) is 6.06. The number of alkyl halides is 3. The Morgan fingerprint density at radius 1 is 1.29 bits per heavy atom. The van der Waals surface area contributed by atoms with Gasteiger partial charge in [-0.3, -0.25) is 4.98 Å². The lowest BCUT2D eigenvalue weighted by Crippen LogP contribution is -2.19. The molecule has 2 aromatic rings. The Morgan fingerprint density at radius 2 is 2.05 bits per heavy atom. The molecule has 0 aliphatic carbocycles. The number of rotatable bonds is 3. The molecule has 6 heteroatoms. The van der Waals surface area contributed by atoms with Gasteiger partial charge in [0, 0.05) is 17.5 Å². The number of halogens is 3. The highest BCUT2D eigenvalue weighted by atomic mass is 19.4. The SMILES string of the molecule is Cc1ncccc1-c1ccc(OCC(F)(F)F)c(C#N)c1. The van der Waals surface area contributed by atoms with Crippen LogP contribution in [0.25, 0.3) is 11.1 Å². The lowest BCUT2D eigenvalue weighted by molar-refractivity contribution is -0.153. The quantitative estimate of drug-likeness (QED) is 0.862. The Morgan fingerprint density at radius 3 is 2.67 bits per heavy atom. The fourth-order valence-corrected chi connectivity index (χ4v) is 1.86. The number of ether oxygens (including phenoxy) is 1. The molecular formula is C15H11F3N2O. The van der Waals surface area contributed by atoms with Crippen molar-refractivity contribution in [1.29, 1.82) is 5.26 Å². The van der Waals surface area contributed by atoms with Crippen LogP contribution in [0.15, 0.2) is 36.5 Å². The summed E-state index contributed by atoms with van der Waals surface area (Å²) < 4.78 is 41.1. The van der Waals surface area contributed by atoms with Gasteiger partial charge in [-0.25, -0.2) is 0 Å². The van der Waals surface area contributed by atoms with Crippen LogP contribution in [0.1, 0.15) is 11.3 Å². The lowest BCUT2D eigenvalue weighted by atomic mass is 10.0. The molecule has 108 valence electrons. The maximum atomic E-state index is 12.2. The highest BCUT2D eigenvalue weighted by Crippen LogP contribution is 2.28. The summed E-state index contributed by atoms with van der Waals surface area (Å²) in [4.78, 5) is 4.14. The monoisotopic (exact) mass is 292 g/mol. The van der Waals surface area contributed by atoms with Crippen molar-refractivity contribution >= 4 is 0 Å². The van der Waals surface area contributed by atoms with Crippen LogP contribution in [0, 0.1) is 18.3 Å². The number of aromatic nitrogens is 1. The number of nitrogens with zero attached hydrogens (tertiary/aromatic N) is 2. The zero-order valence-corrected chi connectivity index (χ0v) is 11.1. The highest BCUT2D eigenvalue weighted by molar-refractivity contribution is 5.68. The smallest absolute Gasteiger partial charge is 0.422 e. The Kier molecular flexibility index (Phi) is 4.13. The molecule has 0 fully saturated rings. The minimum absolute atomic E-state index is 0.0556. The van der Waals surface area contributed by atoms with Crippen molar-refractivity contribution in [3.05, 3.63) is 47.8 Å². The van der Waals surface area contributed by atoms with E-state index >= 15 is 0 Å². The van der Waals surface area contributed by atoms with Crippen molar-refractivity contribution in [2.75, 3.05) is 6.61 Å². The first-order chi connectivity index (χ1) is 9.90. The average Bonchev–Trinajstić information content (AvgIpc) is 2.44. The summed E-state index contributed by atoms with van der Waals surface area (Å²) in [6, 6.07) is 9.90. The third-order valence-electron chi connectivity index (χ3n) is 2.81. The molecule has 0 N–H and O–H groups in total. The molecule has 0 saturated heterocycles. The first-order valence-electron chi connectivity index (χ1n) is 6.06. The molecule has 2 rings (SSSR count). The molecule has 0 unspecified atom stereocenters. The summed E-state index contributed by atoms with van der Waals surface area (Å²) in [6.45, 7) is 0.391. The second-order valence-corrected chi connectivity index (χ2v) is 4.36. The van der Waals surface area contributed by atoms with Crippen LogP contribution in [-0.4, -0.2) is 17.8 Å². The van der Waals surface area contributed by atoms with Crippen LogP contribution in [0.5, 0.6) is 5.75 Å². The van der Waals surface area contributed by atoms with Gasteiger partial charge in [0.1, 0.15) is 11.8 Å². The van der Waals surface area contributed by atoms with Crippen molar-refractivity contribution < 1.29 is 17.9 Å². The Balaban J connectivity index is 2.33. The van der Waals surface area contributed by atoms with E-state index in [1.54, 1.807) is 18.3 Å². The van der Waals surface area contributed by atoms with Crippen LogP contribution >= 0.6 is 0 Å². The van der Waals surface area contributed by atoms with Gasteiger partial charge in [0.05, 0.1) is 5.56 Å². The topological polar surface area (TPSA) is 45.9 Å². The van der Waals surface area contributed by atoms with Gasteiger partial charge in [0.2, 0.25) is 0 Å². The van der Waals surface area contributed by atoms with Gasteiger partial charge in [-0.1, -0.05) is 12.1 Å². The molecule has 0 aliphatic heterocycles. The second kappa shape index (κ2) is 5.83. The third kappa shape index (κ3) is 3.72. The van der Waals surface area contributed by atoms with Crippen LogP contribution < -0.4 is 4.74 Å². The van der Waals surface area contributed by atoms with Gasteiger partial charge in [0.15, 0.2) is 6.61 Å². The lowest BCUT2D eigenvalue weighted by Gasteiger charge is -2.12. The van der Waals surface area contributed by atoms with Crippen LogP contribution in [0.2, 0.25) is 0 Å².